The molecule has 94 valence electrons. The fourth-order valence-electron chi connectivity index (χ4n) is 1.44. The van der Waals surface area contributed by atoms with Gasteiger partial charge in [-0.1, -0.05) is 0 Å². The second-order valence-electron chi connectivity index (χ2n) is 3.70. The predicted octanol–water partition coefficient (Wildman–Crippen LogP) is 0.999. The molecule has 0 atom stereocenters. The number of hydrogen-bond donors (Lipinski definition) is 3. The Morgan fingerprint density at radius 3 is 2.82 bits per heavy atom. The van der Waals surface area contributed by atoms with Crippen molar-refractivity contribution in [2.24, 2.45) is 0 Å². The van der Waals surface area contributed by atoms with Crippen LogP contribution in [0.15, 0.2) is 18.2 Å². The molecule has 0 aliphatic rings. The number of benzene rings is 1. The number of nitrogens with zero attached hydrogens (tertiary/aromatic N) is 1. The summed E-state index contributed by atoms with van der Waals surface area (Å²) in [4.78, 5) is 10.1. The minimum absolute atomic E-state index is 0.00479. The van der Waals surface area contributed by atoms with E-state index in [2.05, 4.69) is 10.6 Å². The molecule has 6 heteroatoms. The maximum absolute atomic E-state index is 10.6. The van der Waals surface area contributed by atoms with Crippen molar-refractivity contribution in [2.45, 2.75) is 13.0 Å². The van der Waals surface area contributed by atoms with Gasteiger partial charge in [0.15, 0.2) is 0 Å². The van der Waals surface area contributed by atoms with Gasteiger partial charge in [0, 0.05) is 24.2 Å². The van der Waals surface area contributed by atoms with Crippen LogP contribution < -0.4 is 10.6 Å². The first kappa shape index (κ1) is 13.4. The highest BCUT2D eigenvalue weighted by Crippen LogP contribution is 2.22. The van der Waals surface area contributed by atoms with Crippen LogP contribution in [-0.4, -0.2) is 30.2 Å². The number of non-ortho nitro benzene ring substituents is 1. The SMILES string of the molecule is CNCCCNCc1cc([N+](=O)[O-])ccc1O. The molecular formula is C11H17N3O3. The lowest BCUT2D eigenvalue weighted by Gasteiger charge is -2.06. The van der Waals surface area contributed by atoms with E-state index >= 15 is 0 Å². The Hall–Kier alpha value is -1.66. The average Bonchev–Trinajstić information content (AvgIpc) is 2.30. The first-order valence-corrected chi connectivity index (χ1v) is 5.46. The van der Waals surface area contributed by atoms with E-state index in [1.807, 2.05) is 7.05 Å². The summed E-state index contributed by atoms with van der Waals surface area (Å²) in [5.74, 6) is 0.0803. The van der Waals surface area contributed by atoms with Crippen LogP contribution in [0.25, 0.3) is 0 Å². The van der Waals surface area contributed by atoms with E-state index < -0.39 is 4.92 Å². The maximum Gasteiger partial charge on any atom is 0.270 e. The van der Waals surface area contributed by atoms with Gasteiger partial charge >= 0.3 is 0 Å². The summed E-state index contributed by atoms with van der Waals surface area (Å²) in [7, 11) is 1.88. The van der Waals surface area contributed by atoms with Gasteiger partial charge in [0.1, 0.15) is 5.75 Å². The first-order chi connectivity index (χ1) is 8.15. The Labute approximate surface area is 99.8 Å². The molecule has 0 saturated heterocycles. The van der Waals surface area contributed by atoms with Crippen molar-refractivity contribution in [3.63, 3.8) is 0 Å². The maximum atomic E-state index is 10.6. The quantitative estimate of drug-likeness (QED) is 0.375. The van der Waals surface area contributed by atoms with E-state index in [1.54, 1.807) is 0 Å². The van der Waals surface area contributed by atoms with Gasteiger partial charge in [-0.3, -0.25) is 10.1 Å². The summed E-state index contributed by atoms with van der Waals surface area (Å²) in [5.41, 5.74) is 0.540. The molecule has 0 amide bonds. The third kappa shape index (κ3) is 4.38. The lowest BCUT2D eigenvalue weighted by atomic mass is 10.1. The molecule has 0 fully saturated rings. The van der Waals surface area contributed by atoms with Crippen LogP contribution in [0.2, 0.25) is 0 Å². The van der Waals surface area contributed by atoms with E-state index in [4.69, 9.17) is 0 Å². The van der Waals surface area contributed by atoms with Gasteiger partial charge < -0.3 is 15.7 Å². The highest BCUT2D eigenvalue weighted by Gasteiger charge is 2.09. The number of phenols is 1. The molecule has 1 aromatic rings. The topological polar surface area (TPSA) is 87.4 Å². The fraction of sp³-hybridized carbons (Fsp3) is 0.455. The van der Waals surface area contributed by atoms with Gasteiger partial charge in [-0.05, 0) is 32.6 Å². The van der Waals surface area contributed by atoms with Crippen LogP contribution in [0.1, 0.15) is 12.0 Å². The predicted molar refractivity (Wildman–Crippen MR) is 65.0 cm³/mol. The zero-order valence-corrected chi connectivity index (χ0v) is 9.77. The Balaban J connectivity index is 2.51. The van der Waals surface area contributed by atoms with Gasteiger partial charge in [0.05, 0.1) is 4.92 Å². The van der Waals surface area contributed by atoms with Crippen LogP contribution in [0.3, 0.4) is 0 Å². The number of aromatic hydroxyl groups is 1. The number of rotatable bonds is 7. The molecule has 0 bridgehead atoms. The number of phenolic OH excluding ortho intramolecular Hbond substituents is 1. The lowest BCUT2D eigenvalue weighted by molar-refractivity contribution is -0.384. The second-order valence-corrected chi connectivity index (χ2v) is 3.70. The lowest BCUT2D eigenvalue weighted by Crippen LogP contribution is -2.19. The molecule has 0 heterocycles. The molecule has 1 rings (SSSR count). The van der Waals surface area contributed by atoms with Crippen molar-refractivity contribution in [2.75, 3.05) is 20.1 Å². The Morgan fingerprint density at radius 2 is 2.18 bits per heavy atom. The van der Waals surface area contributed by atoms with Crippen molar-refractivity contribution in [3.8, 4) is 5.75 Å². The monoisotopic (exact) mass is 239 g/mol. The molecule has 0 saturated carbocycles. The van der Waals surface area contributed by atoms with Gasteiger partial charge in [-0.25, -0.2) is 0 Å². The molecule has 0 radical (unpaired) electrons. The van der Waals surface area contributed by atoms with Crippen LogP contribution in [0, 0.1) is 10.1 Å². The fourth-order valence-corrected chi connectivity index (χ4v) is 1.44. The number of nitro benzene ring substituents is 1. The minimum atomic E-state index is -0.468. The largest absolute Gasteiger partial charge is 0.508 e. The third-order valence-electron chi connectivity index (χ3n) is 2.37. The van der Waals surface area contributed by atoms with Crippen molar-refractivity contribution >= 4 is 5.69 Å². The molecule has 0 aliphatic carbocycles. The molecule has 0 unspecified atom stereocenters. The first-order valence-electron chi connectivity index (χ1n) is 5.46. The number of nitro groups is 1. The number of nitrogens with one attached hydrogen (secondary N) is 2. The van der Waals surface area contributed by atoms with E-state index in [-0.39, 0.29) is 11.4 Å². The van der Waals surface area contributed by atoms with E-state index in [0.717, 1.165) is 19.5 Å². The third-order valence-corrected chi connectivity index (χ3v) is 2.37. The average molecular weight is 239 g/mol. The summed E-state index contributed by atoms with van der Waals surface area (Å²) in [6, 6.07) is 4.03. The number of hydrogen-bond acceptors (Lipinski definition) is 5. The van der Waals surface area contributed by atoms with Crippen molar-refractivity contribution in [1.82, 2.24) is 10.6 Å². The van der Waals surface area contributed by atoms with Crippen molar-refractivity contribution in [3.05, 3.63) is 33.9 Å². The molecule has 17 heavy (non-hydrogen) atoms. The molecule has 0 aliphatic heterocycles. The smallest absolute Gasteiger partial charge is 0.270 e. The molecule has 6 nitrogen and oxygen atoms in total. The summed E-state index contributed by atoms with van der Waals surface area (Å²) in [5, 5.41) is 26.3. The van der Waals surface area contributed by atoms with E-state index in [9.17, 15) is 15.2 Å². The standard InChI is InChI=1S/C11H17N3O3/c1-12-5-2-6-13-8-9-7-10(14(16)17)3-4-11(9)15/h3-4,7,12-13,15H,2,5-6,8H2,1H3. The van der Waals surface area contributed by atoms with Gasteiger partial charge in [0.2, 0.25) is 0 Å². The van der Waals surface area contributed by atoms with Crippen molar-refractivity contribution in [1.29, 1.82) is 0 Å². The molecule has 0 aromatic heterocycles. The highest BCUT2D eigenvalue weighted by atomic mass is 16.6. The Bertz CT molecular complexity index is 382. The second kappa shape index (κ2) is 6.82. The van der Waals surface area contributed by atoms with E-state index in [0.29, 0.717) is 12.1 Å². The zero-order valence-electron chi connectivity index (χ0n) is 9.77. The molecule has 0 spiro atoms. The zero-order chi connectivity index (χ0) is 12.7. The van der Waals surface area contributed by atoms with Crippen molar-refractivity contribution < 1.29 is 10.0 Å². The summed E-state index contributed by atoms with van der Waals surface area (Å²) in [6.07, 6.45) is 0.964. The molecular weight excluding hydrogens is 222 g/mol. The molecule has 1 aromatic carbocycles. The Morgan fingerprint density at radius 1 is 1.41 bits per heavy atom. The summed E-state index contributed by atoms with van der Waals surface area (Å²) < 4.78 is 0. The normalized spacial score (nSPS) is 10.4. The van der Waals surface area contributed by atoms with Crippen LogP contribution in [0.5, 0.6) is 5.75 Å². The highest BCUT2D eigenvalue weighted by molar-refractivity contribution is 5.42. The Kier molecular flexibility index (Phi) is 5.38. The summed E-state index contributed by atoms with van der Waals surface area (Å²) >= 11 is 0. The van der Waals surface area contributed by atoms with Crippen LogP contribution >= 0.6 is 0 Å². The summed E-state index contributed by atoms with van der Waals surface area (Å²) in [6.45, 7) is 2.13. The van der Waals surface area contributed by atoms with Crippen LogP contribution in [0.4, 0.5) is 5.69 Å². The van der Waals surface area contributed by atoms with Crippen LogP contribution in [-0.2, 0) is 6.54 Å². The van der Waals surface area contributed by atoms with E-state index in [1.165, 1.54) is 18.2 Å². The minimum Gasteiger partial charge on any atom is -0.508 e. The van der Waals surface area contributed by atoms with Gasteiger partial charge in [-0.2, -0.15) is 0 Å². The van der Waals surface area contributed by atoms with Gasteiger partial charge in [0.25, 0.3) is 5.69 Å². The van der Waals surface area contributed by atoms with Gasteiger partial charge in [-0.15, -0.1) is 0 Å². The molecule has 3 N–H and O–H groups in total.